The summed E-state index contributed by atoms with van der Waals surface area (Å²) in [5.41, 5.74) is 2.02. The molecule has 3 rings (SSSR count). The van der Waals surface area contributed by atoms with E-state index >= 15 is 0 Å². The molecule has 1 aliphatic rings. The third kappa shape index (κ3) is 3.72. The van der Waals surface area contributed by atoms with E-state index < -0.39 is 0 Å². The van der Waals surface area contributed by atoms with Gasteiger partial charge in [-0.15, -0.1) is 0 Å². The van der Waals surface area contributed by atoms with Crippen molar-refractivity contribution in [3.63, 3.8) is 0 Å². The van der Waals surface area contributed by atoms with Crippen LogP contribution in [0.15, 0.2) is 22.0 Å². The van der Waals surface area contributed by atoms with Crippen molar-refractivity contribution < 1.29 is 14.3 Å². The summed E-state index contributed by atoms with van der Waals surface area (Å²) in [4.78, 5) is 12.6. The van der Waals surface area contributed by atoms with Gasteiger partial charge >= 0.3 is 0 Å². The van der Waals surface area contributed by atoms with Gasteiger partial charge in [0, 0.05) is 5.56 Å². The summed E-state index contributed by atoms with van der Waals surface area (Å²) in [5.74, 6) is 1.07. The van der Waals surface area contributed by atoms with Crippen LogP contribution in [0.25, 0.3) is 0 Å². The van der Waals surface area contributed by atoms with Crippen molar-refractivity contribution in [1.82, 2.24) is 4.37 Å². The second-order valence-corrected chi connectivity index (χ2v) is 7.85. The van der Waals surface area contributed by atoms with Crippen molar-refractivity contribution >= 4 is 39.1 Å². The molecule has 1 aromatic carbocycles. The van der Waals surface area contributed by atoms with Crippen LogP contribution in [0.1, 0.15) is 41.7 Å². The first-order valence-corrected chi connectivity index (χ1v) is 9.43. The number of ether oxygens (including phenoxy) is 2. The molecule has 1 saturated carbocycles. The van der Waals surface area contributed by atoms with Gasteiger partial charge in [-0.3, -0.25) is 4.79 Å². The van der Waals surface area contributed by atoms with Crippen molar-refractivity contribution in [1.29, 1.82) is 0 Å². The highest BCUT2D eigenvalue weighted by Gasteiger charge is 2.20. The number of nitrogens with zero attached hydrogens (tertiary/aromatic N) is 1. The van der Waals surface area contributed by atoms with Gasteiger partial charge < -0.3 is 14.8 Å². The number of rotatable bonds is 5. The summed E-state index contributed by atoms with van der Waals surface area (Å²) in [7, 11) is 1.61. The number of anilines is 1. The molecular formula is C17H19BrN2O3S. The van der Waals surface area contributed by atoms with Crippen molar-refractivity contribution in [3.05, 3.63) is 33.2 Å². The van der Waals surface area contributed by atoms with Gasteiger partial charge in [0.05, 0.1) is 24.6 Å². The number of benzene rings is 1. The number of carbonyl (C=O) groups is 1. The van der Waals surface area contributed by atoms with E-state index in [0.717, 1.165) is 22.3 Å². The van der Waals surface area contributed by atoms with Crippen LogP contribution in [0.5, 0.6) is 11.5 Å². The van der Waals surface area contributed by atoms with Gasteiger partial charge in [-0.1, -0.05) is 0 Å². The molecule has 1 N–H and O–H groups in total. The minimum atomic E-state index is -0.196. The number of halogens is 1. The summed E-state index contributed by atoms with van der Waals surface area (Å²) in [6.45, 7) is 1.86. The zero-order valence-electron chi connectivity index (χ0n) is 13.6. The Kier molecular flexibility index (Phi) is 5.40. The molecule has 1 fully saturated rings. The number of aromatic nitrogens is 1. The first-order valence-electron chi connectivity index (χ1n) is 7.86. The van der Waals surface area contributed by atoms with Gasteiger partial charge in [0.15, 0.2) is 11.5 Å². The zero-order chi connectivity index (χ0) is 17.1. The lowest BCUT2D eigenvalue weighted by atomic mass is 10.1. The Morgan fingerprint density at radius 2 is 2.08 bits per heavy atom. The molecule has 7 heteroatoms. The van der Waals surface area contributed by atoms with Crippen LogP contribution in [0, 0.1) is 6.92 Å². The SMILES string of the molecule is COc1ccc(C(=O)Nc2c(C)nsc2Br)cc1OC1CCCC1. The van der Waals surface area contributed by atoms with E-state index in [1.807, 2.05) is 6.92 Å². The molecule has 0 atom stereocenters. The summed E-state index contributed by atoms with van der Waals surface area (Å²) >= 11 is 4.72. The Balaban J connectivity index is 1.81. The molecule has 1 amide bonds. The van der Waals surface area contributed by atoms with Gasteiger partial charge in [-0.05, 0) is 78.3 Å². The molecule has 5 nitrogen and oxygen atoms in total. The fourth-order valence-corrected chi connectivity index (χ4v) is 3.96. The third-order valence-corrected chi connectivity index (χ3v) is 5.64. The lowest BCUT2D eigenvalue weighted by Crippen LogP contribution is -2.15. The number of hydrogen-bond acceptors (Lipinski definition) is 5. The number of carbonyl (C=O) groups excluding carboxylic acids is 1. The Labute approximate surface area is 153 Å². The second kappa shape index (κ2) is 7.53. The molecule has 1 heterocycles. The van der Waals surface area contributed by atoms with Crippen LogP contribution in [0.4, 0.5) is 5.69 Å². The predicted molar refractivity (Wildman–Crippen MR) is 98.4 cm³/mol. The van der Waals surface area contributed by atoms with E-state index in [2.05, 4.69) is 25.6 Å². The molecule has 0 unspecified atom stereocenters. The van der Waals surface area contributed by atoms with Gasteiger partial charge in [0.1, 0.15) is 3.79 Å². The van der Waals surface area contributed by atoms with Crippen molar-refractivity contribution in [2.45, 2.75) is 38.7 Å². The number of hydrogen-bond donors (Lipinski definition) is 1. The highest BCUT2D eigenvalue weighted by molar-refractivity contribution is 9.11. The fourth-order valence-electron chi connectivity index (χ4n) is 2.76. The first kappa shape index (κ1) is 17.2. The van der Waals surface area contributed by atoms with Gasteiger partial charge in [-0.25, -0.2) is 0 Å². The molecule has 1 aromatic heterocycles. The van der Waals surface area contributed by atoms with Crippen LogP contribution in [0.3, 0.4) is 0 Å². The molecule has 0 bridgehead atoms. The summed E-state index contributed by atoms with van der Waals surface area (Å²) < 4.78 is 16.4. The van der Waals surface area contributed by atoms with E-state index in [1.165, 1.54) is 24.4 Å². The first-order chi connectivity index (χ1) is 11.6. The summed E-state index contributed by atoms with van der Waals surface area (Å²) in [5, 5.41) is 2.90. The Bertz CT molecular complexity index is 722. The minimum Gasteiger partial charge on any atom is -0.493 e. The average molecular weight is 411 g/mol. The van der Waals surface area contributed by atoms with Crippen molar-refractivity contribution in [3.8, 4) is 11.5 Å². The molecule has 0 spiro atoms. The Hall–Kier alpha value is -1.60. The predicted octanol–water partition coefficient (Wildman–Crippen LogP) is 4.80. The summed E-state index contributed by atoms with van der Waals surface area (Å²) in [6.07, 6.45) is 4.67. The highest BCUT2D eigenvalue weighted by Crippen LogP contribution is 2.34. The number of methoxy groups -OCH3 is 1. The van der Waals surface area contributed by atoms with Crippen LogP contribution < -0.4 is 14.8 Å². The van der Waals surface area contributed by atoms with E-state index in [1.54, 1.807) is 25.3 Å². The fraction of sp³-hybridized carbons (Fsp3) is 0.412. The quantitative estimate of drug-likeness (QED) is 0.768. The molecule has 0 aliphatic heterocycles. The maximum absolute atomic E-state index is 12.6. The lowest BCUT2D eigenvalue weighted by molar-refractivity contribution is 0.102. The van der Waals surface area contributed by atoms with Crippen LogP contribution in [-0.2, 0) is 0 Å². The maximum atomic E-state index is 12.6. The Morgan fingerprint density at radius 3 is 2.71 bits per heavy atom. The molecule has 1 aliphatic carbocycles. The average Bonchev–Trinajstić information content (AvgIpc) is 3.20. The van der Waals surface area contributed by atoms with Gasteiger partial charge in [0.25, 0.3) is 5.91 Å². The molecular weight excluding hydrogens is 392 g/mol. The monoisotopic (exact) mass is 410 g/mol. The molecule has 24 heavy (non-hydrogen) atoms. The van der Waals surface area contributed by atoms with Gasteiger partial charge in [0.2, 0.25) is 0 Å². The van der Waals surface area contributed by atoms with Crippen LogP contribution in [0.2, 0.25) is 0 Å². The number of nitrogens with one attached hydrogen (secondary N) is 1. The smallest absolute Gasteiger partial charge is 0.255 e. The summed E-state index contributed by atoms with van der Waals surface area (Å²) in [6, 6.07) is 5.25. The van der Waals surface area contributed by atoms with E-state index in [9.17, 15) is 4.79 Å². The molecule has 0 radical (unpaired) electrons. The number of aryl methyl sites for hydroxylation is 1. The van der Waals surface area contributed by atoms with Crippen LogP contribution in [-0.4, -0.2) is 23.5 Å². The Morgan fingerprint density at radius 1 is 1.33 bits per heavy atom. The maximum Gasteiger partial charge on any atom is 0.255 e. The van der Waals surface area contributed by atoms with E-state index in [-0.39, 0.29) is 12.0 Å². The van der Waals surface area contributed by atoms with E-state index in [4.69, 9.17) is 9.47 Å². The van der Waals surface area contributed by atoms with E-state index in [0.29, 0.717) is 22.7 Å². The van der Waals surface area contributed by atoms with Gasteiger partial charge in [-0.2, -0.15) is 4.37 Å². The second-order valence-electron chi connectivity index (χ2n) is 5.76. The third-order valence-electron chi connectivity index (χ3n) is 4.08. The lowest BCUT2D eigenvalue weighted by Gasteiger charge is -2.16. The molecule has 128 valence electrons. The molecule has 0 saturated heterocycles. The minimum absolute atomic E-state index is 0.196. The number of amides is 1. The topological polar surface area (TPSA) is 60.5 Å². The normalized spacial score (nSPS) is 14.6. The highest BCUT2D eigenvalue weighted by atomic mass is 79.9. The van der Waals surface area contributed by atoms with Crippen molar-refractivity contribution in [2.24, 2.45) is 0 Å². The van der Waals surface area contributed by atoms with Crippen molar-refractivity contribution in [2.75, 3.05) is 12.4 Å². The largest absolute Gasteiger partial charge is 0.493 e. The molecule has 2 aromatic rings. The van der Waals surface area contributed by atoms with Crippen LogP contribution >= 0.6 is 27.5 Å². The zero-order valence-corrected chi connectivity index (χ0v) is 16.0. The standard InChI is InChI=1S/C17H19BrN2O3S/c1-10-15(16(18)24-20-10)19-17(21)11-7-8-13(22-2)14(9-11)23-12-5-3-4-6-12/h7-9,12H,3-6H2,1-2H3,(H,19,21).